The van der Waals surface area contributed by atoms with Crippen LogP contribution in [-0.4, -0.2) is 96.7 Å². The fourth-order valence-corrected chi connectivity index (χ4v) is 10.8. The standard InChI is InChI=1S/C89H136O17P2/c1-5-9-13-17-21-25-29-33-36-39-41-44-47-51-54-58-62-66-70-74-87(92)100-80-85(106-89(94)76-72-68-64-60-56-52-48-45-42-40-37-34-30-26-22-18-14-10-6-2)82-104-108(97,98)102-78-83(90)77-101-107(95,96)103-81-84(105-88(93)75-71-67-63-59-55-49-32-28-24-20-16-12-8-4)79-99-86(91)73-69-65-61-57-53-50-46-43-38-35-31-27-23-19-15-11-7-3/h9-11,13-16,20-23,25-28,32-38,41-42,44-46,50-52,54,56-57,61-62,64,66,68,83-85,90H,5-8,12,17-19,24,29-31,39-40,43,47-49,53,55,58-60,63,65,67,69-82H2,1-4H3,(H,95,96)(H,97,98)/b13-9-,14-10-,15-11-,20-16-,25-21-,26-22-,27-23-,32-28-,36-33-,37-34-,38-35-,44-41-,45-42-,50-46-,54-51-,56-52-,61-57-,66-62-,68-64-. The Labute approximate surface area is 651 Å². The summed E-state index contributed by atoms with van der Waals surface area (Å²) in [7, 11) is -10.1. The summed E-state index contributed by atoms with van der Waals surface area (Å²) in [5.41, 5.74) is 0. The summed E-state index contributed by atoms with van der Waals surface area (Å²) in [6, 6.07) is 0. The summed E-state index contributed by atoms with van der Waals surface area (Å²) in [5.74, 6) is -2.49. The van der Waals surface area contributed by atoms with Crippen molar-refractivity contribution < 1.29 is 80.2 Å². The van der Waals surface area contributed by atoms with Crippen molar-refractivity contribution >= 4 is 39.5 Å². The first-order chi connectivity index (χ1) is 52.7. The minimum Gasteiger partial charge on any atom is -0.462 e. The Morgan fingerprint density at radius 3 is 0.843 bits per heavy atom. The second kappa shape index (κ2) is 78.2. The molecule has 604 valence electrons. The first kappa shape index (κ1) is 101. The van der Waals surface area contributed by atoms with E-state index in [0.29, 0.717) is 44.9 Å². The monoisotopic (exact) mass is 1540 g/mol. The fraction of sp³-hybridized carbons (Fsp3) is 0.528. The van der Waals surface area contributed by atoms with E-state index in [-0.39, 0.29) is 25.7 Å². The lowest BCUT2D eigenvalue weighted by molar-refractivity contribution is -0.161. The summed E-state index contributed by atoms with van der Waals surface area (Å²) in [4.78, 5) is 73.0. The minimum absolute atomic E-state index is 0.00820. The van der Waals surface area contributed by atoms with Crippen LogP contribution in [0.25, 0.3) is 0 Å². The van der Waals surface area contributed by atoms with Crippen LogP contribution in [0.15, 0.2) is 231 Å². The van der Waals surface area contributed by atoms with Crippen molar-refractivity contribution in [2.75, 3.05) is 39.6 Å². The van der Waals surface area contributed by atoms with Gasteiger partial charge in [0, 0.05) is 25.7 Å². The van der Waals surface area contributed by atoms with Crippen molar-refractivity contribution in [3.8, 4) is 0 Å². The van der Waals surface area contributed by atoms with Gasteiger partial charge in [-0.15, -0.1) is 0 Å². The van der Waals surface area contributed by atoms with Gasteiger partial charge in [-0.3, -0.25) is 37.3 Å². The molecule has 0 amide bonds. The Bertz CT molecular complexity index is 2960. The molecule has 0 aromatic rings. The number of phosphoric ester groups is 2. The highest BCUT2D eigenvalue weighted by molar-refractivity contribution is 7.47. The lowest BCUT2D eigenvalue weighted by Crippen LogP contribution is -2.30. The maximum atomic E-state index is 13.1. The maximum absolute atomic E-state index is 13.1. The number of phosphoric acid groups is 2. The molecule has 0 saturated carbocycles. The van der Waals surface area contributed by atoms with Gasteiger partial charge in [-0.1, -0.05) is 284 Å². The quantitative estimate of drug-likeness (QED) is 0.0169. The largest absolute Gasteiger partial charge is 0.472 e. The Kier molecular flexibility index (Phi) is 73.3. The van der Waals surface area contributed by atoms with Crippen LogP contribution in [0.2, 0.25) is 0 Å². The van der Waals surface area contributed by atoms with Crippen LogP contribution >= 0.6 is 15.6 Å². The minimum atomic E-state index is -5.03. The summed E-state index contributed by atoms with van der Waals surface area (Å²) < 4.78 is 68.3. The van der Waals surface area contributed by atoms with E-state index in [2.05, 4.69) is 210 Å². The summed E-state index contributed by atoms with van der Waals surface area (Å²) in [6.07, 6.45) is 101. The number of hydrogen-bond acceptors (Lipinski definition) is 15. The van der Waals surface area contributed by atoms with Gasteiger partial charge in [0.25, 0.3) is 0 Å². The molecule has 0 aromatic heterocycles. The second-order valence-corrected chi connectivity index (χ2v) is 28.1. The maximum Gasteiger partial charge on any atom is 0.472 e. The van der Waals surface area contributed by atoms with E-state index in [1.165, 1.54) is 0 Å². The van der Waals surface area contributed by atoms with E-state index in [0.717, 1.165) is 148 Å². The van der Waals surface area contributed by atoms with Gasteiger partial charge in [0.15, 0.2) is 12.2 Å². The highest BCUT2D eigenvalue weighted by Crippen LogP contribution is 2.45. The third-order valence-corrected chi connectivity index (χ3v) is 17.0. The summed E-state index contributed by atoms with van der Waals surface area (Å²) in [5, 5.41) is 10.6. The molecule has 0 spiro atoms. The fourth-order valence-electron chi connectivity index (χ4n) is 9.23. The van der Waals surface area contributed by atoms with Gasteiger partial charge in [0.1, 0.15) is 19.3 Å². The van der Waals surface area contributed by atoms with Gasteiger partial charge in [0.05, 0.1) is 26.4 Å². The molecule has 5 atom stereocenters. The molecule has 0 saturated heterocycles. The highest BCUT2D eigenvalue weighted by Gasteiger charge is 2.30. The number of carbonyl (C=O) groups is 4. The number of hydrogen-bond donors (Lipinski definition) is 3. The van der Waals surface area contributed by atoms with Crippen LogP contribution in [0.3, 0.4) is 0 Å². The molecule has 0 rings (SSSR count). The van der Waals surface area contributed by atoms with Crippen LogP contribution in [-0.2, 0) is 65.4 Å². The summed E-state index contributed by atoms with van der Waals surface area (Å²) in [6.45, 7) is 4.15. The predicted octanol–water partition coefficient (Wildman–Crippen LogP) is 23.4. The van der Waals surface area contributed by atoms with E-state index in [1.54, 1.807) is 0 Å². The van der Waals surface area contributed by atoms with E-state index in [9.17, 15) is 43.2 Å². The Morgan fingerprint density at radius 1 is 0.269 bits per heavy atom. The van der Waals surface area contributed by atoms with Crippen LogP contribution in [0.4, 0.5) is 0 Å². The number of allylic oxidation sites excluding steroid dienone is 38. The Hall–Kier alpha value is -6.88. The zero-order valence-corrected chi connectivity index (χ0v) is 67.7. The Balaban J connectivity index is 5.59. The highest BCUT2D eigenvalue weighted by atomic mass is 31.2. The molecule has 5 unspecified atom stereocenters. The molecule has 17 nitrogen and oxygen atoms in total. The molecule has 108 heavy (non-hydrogen) atoms. The van der Waals surface area contributed by atoms with Crippen LogP contribution in [0.1, 0.15) is 246 Å². The molecule has 0 aliphatic heterocycles. The number of aliphatic hydroxyl groups excluding tert-OH is 1. The summed E-state index contributed by atoms with van der Waals surface area (Å²) >= 11 is 0. The molecule has 19 heteroatoms. The van der Waals surface area contributed by atoms with E-state index >= 15 is 0 Å². The number of aliphatic hydroxyl groups is 1. The zero-order chi connectivity index (χ0) is 78.9. The number of ether oxygens (including phenoxy) is 4. The van der Waals surface area contributed by atoms with Crippen molar-refractivity contribution in [2.45, 2.75) is 264 Å². The molecular weight excluding hydrogens is 1400 g/mol. The molecular formula is C89H136O17P2. The molecule has 0 heterocycles. The first-order valence-corrected chi connectivity index (χ1v) is 42.6. The van der Waals surface area contributed by atoms with Crippen molar-refractivity contribution in [2.24, 2.45) is 0 Å². The van der Waals surface area contributed by atoms with Gasteiger partial charge in [-0.25, -0.2) is 9.13 Å². The van der Waals surface area contributed by atoms with Crippen LogP contribution in [0, 0.1) is 0 Å². The number of carbonyl (C=O) groups excluding carboxylic acids is 4. The smallest absolute Gasteiger partial charge is 0.462 e. The first-order valence-electron chi connectivity index (χ1n) is 39.6. The molecule has 0 aliphatic rings. The number of unbranched alkanes of at least 4 members (excludes halogenated alkanes) is 7. The van der Waals surface area contributed by atoms with Gasteiger partial charge in [0.2, 0.25) is 0 Å². The van der Waals surface area contributed by atoms with Gasteiger partial charge >= 0.3 is 39.5 Å². The Morgan fingerprint density at radius 2 is 0.509 bits per heavy atom. The lowest BCUT2D eigenvalue weighted by atomic mass is 10.1. The molecule has 0 fully saturated rings. The average molecular weight is 1540 g/mol. The molecule has 0 aromatic carbocycles. The van der Waals surface area contributed by atoms with Crippen molar-refractivity contribution in [3.05, 3.63) is 231 Å². The molecule has 3 N–H and O–H groups in total. The van der Waals surface area contributed by atoms with E-state index in [1.807, 2.05) is 48.6 Å². The SMILES string of the molecule is CC/C=C\C/C=C\C/C=C\C/C=C\C/C=C\C/C=C\CCC(=O)OCC(COP(=O)(O)OCC(O)COP(=O)(O)OCC(COC(=O)CCC/C=C\C/C=C\C/C=C\C/C=C\C/C=C\CC)OC(=O)CCCCCCC/C=C\C/C=C\CCC)OC(=O)CC/C=C\C/C=C\C/C=C\C/C=C\C/C=C\C/C=C\CC. The van der Waals surface area contributed by atoms with Crippen molar-refractivity contribution in [1.29, 1.82) is 0 Å². The lowest BCUT2D eigenvalue weighted by Gasteiger charge is -2.21. The number of esters is 4. The zero-order valence-electron chi connectivity index (χ0n) is 65.9. The number of rotatable bonds is 71. The van der Waals surface area contributed by atoms with Crippen LogP contribution in [0.5, 0.6) is 0 Å². The van der Waals surface area contributed by atoms with Crippen LogP contribution < -0.4 is 0 Å². The van der Waals surface area contributed by atoms with E-state index in [4.69, 9.17) is 37.0 Å². The topological polar surface area (TPSA) is 237 Å². The normalized spacial score (nSPS) is 15.1. The second-order valence-electron chi connectivity index (χ2n) is 25.1. The van der Waals surface area contributed by atoms with Gasteiger partial charge < -0.3 is 33.8 Å². The molecule has 0 bridgehead atoms. The van der Waals surface area contributed by atoms with Gasteiger partial charge in [-0.2, -0.15) is 0 Å². The molecule has 0 radical (unpaired) electrons. The average Bonchev–Trinajstić information content (AvgIpc) is 0.892. The van der Waals surface area contributed by atoms with E-state index < -0.39 is 97.5 Å². The third kappa shape index (κ3) is 77.3. The van der Waals surface area contributed by atoms with Crippen molar-refractivity contribution in [1.82, 2.24) is 0 Å². The predicted molar refractivity (Wildman–Crippen MR) is 444 cm³/mol. The van der Waals surface area contributed by atoms with Gasteiger partial charge in [-0.05, 0) is 167 Å². The third-order valence-electron chi connectivity index (χ3n) is 15.1. The molecule has 0 aliphatic carbocycles. The van der Waals surface area contributed by atoms with Crippen molar-refractivity contribution in [3.63, 3.8) is 0 Å².